The molecule has 1 saturated heterocycles. The SMILES string of the molecule is CCOC(=O)C(NS(=O)(=O)c1cc(N2CCCC2=O)ccc1OC)C(=O)OCC. The molecule has 1 heterocycles. The van der Waals surface area contributed by atoms with E-state index in [4.69, 9.17) is 14.2 Å². The minimum Gasteiger partial charge on any atom is -0.495 e. The van der Waals surface area contributed by atoms with Crippen molar-refractivity contribution in [1.82, 2.24) is 4.72 Å². The molecule has 1 aliphatic rings. The maximum Gasteiger partial charge on any atom is 0.335 e. The monoisotopic (exact) mass is 428 g/mol. The molecule has 1 aromatic carbocycles. The average molecular weight is 428 g/mol. The van der Waals surface area contributed by atoms with Crippen molar-refractivity contribution in [3.05, 3.63) is 18.2 Å². The van der Waals surface area contributed by atoms with E-state index in [2.05, 4.69) is 0 Å². The van der Waals surface area contributed by atoms with E-state index in [0.717, 1.165) is 0 Å². The van der Waals surface area contributed by atoms with Gasteiger partial charge in [0.25, 0.3) is 0 Å². The van der Waals surface area contributed by atoms with Gasteiger partial charge in [-0.15, -0.1) is 0 Å². The highest BCUT2D eigenvalue weighted by Gasteiger charge is 2.36. The van der Waals surface area contributed by atoms with Crippen molar-refractivity contribution in [3.63, 3.8) is 0 Å². The van der Waals surface area contributed by atoms with Crippen LogP contribution in [0.15, 0.2) is 23.1 Å². The maximum atomic E-state index is 13.0. The first-order chi connectivity index (χ1) is 13.7. The van der Waals surface area contributed by atoms with Crippen LogP contribution >= 0.6 is 0 Å². The fraction of sp³-hybridized carbons (Fsp3) is 0.500. The quantitative estimate of drug-likeness (QED) is 0.447. The summed E-state index contributed by atoms with van der Waals surface area (Å²) in [6, 6.07) is 2.35. The molecule has 1 aliphatic heterocycles. The number of hydrogen-bond donors (Lipinski definition) is 1. The first kappa shape index (κ1) is 22.6. The molecular weight excluding hydrogens is 404 g/mol. The highest BCUT2D eigenvalue weighted by atomic mass is 32.2. The number of amides is 1. The maximum absolute atomic E-state index is 13.0. The Hall–Kier alpha value is -2.66. The Balaban J connectivity index is 2.42. The molecule has 1 aromatic rings. The van der Waals surface area contributed by atoms with Crippen LogP contribution in [-0.4, -0.2) is 59.2 Å². The summed E-state index contributed by atoms with van der Waals surface area (Å²) in [5.74, 6) is -2.31. The summed E-state index contributed by atoms with van der Waals surface area (Å²) in [7, 11) is -3.13. The van der Waals surface area contributed by atoms with Crippen molar-refractivity contribution >= 4 is 33.6 Å². The van der Waals surface area contributed by atoms with Crippen LogP contribution in [0, 0.1) is 0 Å². The van der Waals surface area contributed by atoms with E-state index in [1.54, 1.807) is 6.07 Å². The summed E-state index contributed by atoms with van der Waals surface area (Å²) >= 11 is 0. The van der Waals surface area contributed by atoms with Gasteiger partial charge in [-0.2, -0.15) is 4.72 Å². The van der Waals surface area contributed by atoms with Crippen molar-refractivity contribution in [2.24, 2.45) is 0 Å². The summed E-state index contributed by atoms with van der Waals surface area (Å²) in [6.45, 7) is 3.41. The number of benzene rings is 1. The van der Waals surface area contributed by atoms with E-state index in [-0.39, 0.29) is 29.8 Å². The smallest absolute Gasteiger partial charge is 0.335 e. The highest BCUT2D eigenvalue weighted by Crippen LogP contribution is 2.31. The highest BCUT2D eigenvalue weighted by molar-refractivity contribution is 7.89. The van der Waals surface area contributed by atoms with Gasteiger partial charge in [0.1, 0.15) is 10.6 Å². The van der Waals surface area contributed by atoms with Gasteiger partial charge in [0, 0.05) is 18.7 Å². The zero-order valence-electron chi connectivity index (χ0n) is 16.5. The lowest BCUT2D eigenvalue weighted by Crippen LogP contribution is -2.48. The standard InChI is InChI=1S/C18H24N2O8S/c1-4-27-17(22)16(18(23)28-5-2)19-29(24,25)14-11-12(8-9-13(14)26-3)20-10-6-7-15(20)21/h8-9,11,16,19H,4-7,10H2,1-3H3. The van der Waals surface area contributed by atoms with Gasteiger partial charge in [0.15, 0.2) is 0 Å². The summed E-state index contributed by atoms with van der Waals surface area (Å²) in [4.78, 5) is 37.4. The third-order valence-corrected chi connectivity index (χ3v) is 5.58. The van der Waals surface area contributed by atoms with Gasteiger partial charge in [-0.05, 0) is 38.5 Å². The number of nitrogens with zero attached hydrogens (tertiary/aromatic N) is 1. The summed E-state index contributed by atoms with van der Waals surface area (Å²) in [5.41, 5.74) is 0.373. The van der Waals surface area contributed by atoms with Crippen molar-refractivity contribution in [2.45, 2.75) is 37.6 Å². The second-order valence-corrected chi connectivity index (χ2v) is 7.72. The Kier molecular flexibility index (Phi) is 7.57. The molecule has 0 radical (unpaired) electrons. The van der Waals surface area contributed by atoms with E-state index >= 15 is 0 Å². The summed E-state index contributed by atoms with van der Waals surface area (Å²) in [6.07, 6.45) is 1.04. The number of sulfonamides is 1. The molecule has 1 N–H and O–H groups in total. The fourth-order valence-electron chi connectivity index (χ4n) is 2.83. The first-order valence-corrected chi connectivity index (χ1v) is 10.6. The Morgan fingerprint density at radius 1 is 1.17 bits per heavy atom. The lowest BCUT2D eigenvalue weighted by molar-refractivity contribution is -0.157. The van der Waals surface area contributed by atoms with Crippen LogP contribution < -0.4 is 14.4 Å². The van der Waals surface area contributed by atoms with E-state index in [0.29, 0.717) is 25.1 Å². The number of carbonyl (C=O) groups is 3. The van der Waals surface area contributed by atoms with Crippen LogP contribution in [0.3, 0.4) is 0 Å². The molecule has 2 rings (SSSR count). The largest absolute Gasteiger partial charge is 0.495 e. The van der Waals surface area contributed by atoms with Crippen molar-refractivity contribution in [1.29, 1.82) is 0 Å². The van der Waals surface area contributed by atoms with Crippen LogP contribution in [0.5, 0.6) is 5.75 Å². The molecule has 0 spiro atoms. The first-order valence-electron chi connectivity index (χ1n) is 9.09. The number of rotatable bonds is 9. The zero-order valence-corrected chi connectivity index (χ0v) is 17.3. The number of anilines is 1. The van der Waals surface area contributed by atoms with Gasteiger partial charge in [-0.1, -0.05) is 0 Å². The molecule has 1 amide bonds. The molecule has 160 valence electrons. The van der Waals surface area contributed by atoms with Crippen LogP contribution in [0.2, 0.25) is 0 Å². The molecule has 10 nitrogen and oxygen atoms in total. The fourth-order valence-corrected chi connectivity index (χ4v) is 4.15. The molecule has 0 atom stereocenters. The van der Waals surface area contributed by atoms with Gasteiger partial charge in [-0.25, -0.2) is 18.0 Å². The Labute approximate surface area is 169 Å². The van der Waals surface area contributed by atoms with Crippen molar-refractivity contribution < 1.29 is 37.0 Å². The zero-order chi connectivity index (χ0) is 21.6. The number of ether oxygens (including phenoxy) is 3. The molecule has 0 unspecified atom stereocenters. The van der Waals surface area contributed by atoms with Gasteiger partial charge >= 0.3 is 11.9 Å². The molecule has 0 aliphatic carbocycles. The minimum atomic E-state index is -4.41. The Morgan fingerprint density at radius 3 is 2.28 bits per heavy atom. The minimum absolute atomic E-state index is 0.0145. The van der Waals surface area contributed by atoms with Crippen molar-refractivity contribution in [2.75, 3.05) is 31.8 Å². The molecule has 1 fully saturated rings. The van der Waals surface area contributed by atoms with E-state index in [9.17, 15) is 22.8 Å². The lowest BCUT2D eigenvalue weighted by atomic mass is 10.3. The van der Waals surface area contributed by atoms with Gasteiger partial charge in [-0.3, -0.25) is 4.79 Å². The third kappa shape index (κ3) is 5.24. The molecular formula is C18H24N2O8S. The number of esters is 2. The van der Waals surface area contributed by atoms with Gasteiger partial charge in [0.2, 0.25) is 22.0 Å². The number of hydrogen-bond acceptors (Lipinski definition) is 8. The summed E-state index contributed by atoms with van der Waals surface area (Å²) in [5, 5.41) is 0. The molecule has 0 bridgehead atoms. The predicted molar refractivity (Wildman–Crippen MR) is 102 cm³/mol. The second kappa shape index (κ2) is 9.70. The van der Waals surface area contributed by atoms with Crippen LogP contribution in [-0.2, 0) is 33.9 Å². The van der Waals surface area contributed by atoms with E-state index in [1.165, 1.54) is 38.0 Å². The van der Waals surface area contributed by atoms with Crippen LogP contribution in [0.25, 0.3) is 0 Å². The Bertz CT molecular complexity index is 866. The normalized spacial score (nSPS) is 14.2. The molecule has 0 saturated carbocycles. The van der Waals surface area contributed by atoms with Gasteiger partial charge < -0.3 is 19.1 Å². The third-order valence-electron chi connectivity index (χ3n) is 4.14. The second-order valence-electron chi connectivity index (χ2n) is 6.04. The topological polar surface area (TPSA) is 128 Å². The van der Waals surface area contributed by atoms with E-state index < -0.39 is 28.0 Å². The predicted octanol–water partition coefficient (Wildman–Crippen LogP) is 0.595. The van der Waals surface area contributed by atoms with Gasteiger partial charge in [0.05, 0.1) is 20.3 Å². The number of nitrogens with one attached hydrogen (secondary N) is 1. The molecule has 29 heavy (non-hydrogen) atoms. The Morgan fingerprint density at radius 2 is 1.79 bits per heavy atom. The lowest BCUT2D eigenvalue weighted by Gasteiger charge is -2.20. The van der Waals surface area contributed by atoms with Crippen LogP contribution in [0.1, 0.15) is 26.7 Å². The molecule has 11 heteroatoms. The number of carbonyl (C=O) groups excluding carboxylic acids is 3. The molecule has 0 aromatic heterocycles. The number of methoxy groups -OCH3 is 1. The van der Waals surface area contributed by atoms with Crippen molar-refractivity contribution in [3.8, 4) is 5.75 Å². The van der Waals surface area contributed by atoms with E-state index in [1.807, 2.05) is 4.72 Å². The average Bonchev–Trinajstić information content (AvgIpc) is 3.11. The van der Waals surface area contributed by atoms with Crippen LogP contribution in [0.4, 0.5) is 5.69 Å². The summed E-state index contributed by atoms with van der Waals surface area (Å²) < 4.78 is 42.7.